The van der Waals surface area contributed by atoms with Gasteiger partial charge < -0.3 is 9.64 Å². The van der Waals surface area contributed by atoms with Crippen LogP contribution in [0.3, 0.4) is 0 Å². The number of ether oxygens (including phenoxy) is 1. The number of sulfonamides is 1. The van der Waals surface area contributed by atoms with E-state index in [0.29, 0.717) is 12.8 Å². The van der Waals surface area contributed by atoms with Crippen molar-refractivity contribution >= 4 is 15.7 Å². The Kier molecular flexibility index (Phi) is 6.14. The third kappa shape index (κ3) is 4.43. The number of likely N-dealkylation sites (tertiary alicyclic amines) is 1. The molecule has 1 heterocycles. The standard InChI is InChI=1S/C15H23N3O5S/c1-3-8-17-9-6-12(7-10-17)16-24(21,22)15-5-4-13(23-2)11-14(15)18(19)20/h4-5,11-12,16H,3,6-10H2,1-2H3. The van der Waals surface area contributed by atoms with Crippen molar-refractivity contribution in [3.63, 3.8) is 0 Å². The summed E-state index contributed by atoms with van der Waals surface area (Å²) in [5.74, 6) is 0.244. The highest BCUT2D eigenvalue weighted by atomic mass is 32.2. The summed E-state index contributed by atoms with van der Waals surface area (Å²) in [5.41, 5.74) is -0.481. The molecule has 24 heavy (non-hydrogen) atoms. The fraction of sp³-hybridized carbons (Fsp3) is 0.600. The summed E-state index contributed by atoms with van der Waals surface area (Å²) in [4.78, 5) is 12.5. The van der Waals surface area contributed by atoms with Crippen LogP contribution in [0, 0.1) is 10.1 Å². The molecule has 0 aromatic heterocycles. The smallest absolute Gasteiger partial charge is 0.293 e. The first-order valence-corrected chi connectivity index (χ1v) is 9.42. The van der Waals surface area contributed by atoms with E-state index in [-0.39, 0.29) is 16.7 Å². The van der Waals surface area contributed by atoms with Crippen molar-refractivity contribution in [1.29, 1.82) is 0 Å². The molecule has 1 aromatic rings. The van der Waals surface area contributed by atoms with Gasteiger partial charge in [-0.3, -0.25) is 10.1 Å². The molecule has 1 fully saturated rings. The van der Waals surface area contributed by atoms with Gasteiger partial charge in [0, 0.05) is 6.04 Å². The van der Waals surface area contributed by atoms with Gasteiger partial charge >= 0.3 is 0 Å². The Bertz CT molecular complexity index is 684. The molecule has 1 aliphatic rings. The number of nitro benzene ring substituents is 1. The largest absolute Gasteiger partial charge is 0.497 e. The lowest BCUT2D eigenvalue weighted by molar-refractivity contribution is -0.387. The Balaban J connectivity index is 2.15. The first-order chi connectivity index (χ1) is 11.4. The molecular formula is C15H23N3O5S. The van der Waals surface area contributed by atoms with E-state index in [1.54, 1.807) is 0 Å². The predicted octanol–water partition coefficient (Wildman–Crippen LogP) is 1.76. The number of nitrogens with zero attached hydrogens (tertiary/aromatic N) is 2. The number of piperidine rings is 1. The summed E-state index contributed by atoms with van der Waals surface area (Å²) < 4.78 is 32.7. The SMILES string of the molecule is CCCN1CCC(NS(=O)(=O)c2ccc(OC)cc2[N+](=O)[O-])CC1. The Hall–Kier alpha value is -1.71. The van der Waals surface area contributed by atoms with Crippen LogP contribution in [0.2, 0.25) is 0 Å². The molecule has 0 amide bonds. The van der Waals surface area contributed by atoms with E-state index < -0.39 is 20.6 Å². The second-order valence-electron chi connectivity index (χ2n) is 5.83. The number of hydrogen-bond acceptors (Lipinski definition) is 6. The number of methoxy groups -OCH3 is 1. The number of nitro groups is 1. The summed E-state index contributed by atoms with van der Waals surface area (Å²) >= 11 is 0. The lowest BCUT2D eigenvalue weighted by Gasteiger charge is -2.31. The first-order valence-electron chi connectivity index (χ1n) is 7.94. The fourth-order valence-electron chi connectivity index (χ4n) is 2.87. The minimum Gasteiger partial charge on any atom is -0.497 e. The molecule has 9 heteroatoms. The first kappa shape index (κ1) is 18.6. The highest BCUT2D eigenvalue weighted by molar-refractivity contribution is 7.89. The molecule has 1 aliphatic heterocycles. The maximum Gasteiger partial charge on any atom is 0.293 e. The zero-order chi connectivity index (χ0) is 17.7. The Labute approximate surface area is 142 Å². The molecule has 0 bridgehead atoms. The van der Waals surface area contributed by atoms with Gasteiger partial charge in [0.15, 0.2) is 4.90 Å². The van der Waals surface area contributed by atoms with Gasteiger partial charge in [0.2, 0.25) is 10.0 Å². The molecule has 1 aromatic carbocycles. The van der Waals surface area contributed by atoms with Gasteiger partial charge in [-0.2, -0.15) is 0 Å². The van der Waals surface area contributed by atoms with E-state index in [2.05, 4.69) is 16.5 Å². The van der Waals surface area contributed by atoms with Crippen LogP contribution < -0.4 is 9.46 Å². The highest BCUT2D eigenvalue weighted by Gasteiger charge is 2.30. The quantitative estimate of drug-likeness (QED) is 0.589. The van der Waals surface area contributed by atoms with Crippen LogP contribution in [0.4, 0.5) is 5.69 Å². The Morgan fingerprint density at radius 1 is 1.38 bits per heavy atom. The summed E-state index contributed by atoms with van der Waals surface area (Å²) in [7, 11) is -2.59. The average Bonchev–Trinajstić information content (AvgIpc) is 2.56. The zero-order valence-corrected chi connectivity index (χ0v) is 14.7. The molecule has 0 spiro atoms. The summed E-state index contributed by atoms with van der Waals surface area (Å²) in [6, 6.07) is 3.54. The second-order valence-corrected chi connectivity index (χ2v) is 7.51. The molecule has 0 aliphatic carbocycles. The van der Waals surface area contributed by atoms with Crippen molar-refractivity contribution in [3.8, 4) is 5.75 Å². The van der Waals surface area contributed by atoms with E-state index in [0.717, 1.165) is 32.1 Å². The van der Waals surface area contributed by atoms with Crippen LogP contribution in [0.25, 0.3) is 0 Å². The van der Waals surface area contributed by atoms with Crippen LogP contribution in [0.5, 0.6) is 5.75 Å². The summed E-state index contributed by atoms with van der Waals surface area (Å²) in [6.07, 6.45) is 2.46. The molecule has 0 atom stereocenters. The normalized spacial score (nSPS) is 16.9. The van der Waals surface area contributed by atoms with Crippen LogP contribution in [0.1, 0.15) is 26.2 Å². The number of rotatable bonds is 7. The van der Waals surface area contributed by atoms with Gasteiger partial charge in [-0.05, 0) is 51.0 Å². The number of hydrogen-bond donors (Lipinski definition) is 1. The maximum atomic E-state index is 12.6. The lowest BCUT2D eigenvalue weighted by atomic mass is 10.1. The molecule has 1 saturated heterocycles. The summed E-state index contributed by atoms with van der Waals surface area (Å²) in [5, 5.41) is 11.2. The van der Waals surface area contributed by atoms with E-state index in [1.807, 2.05) is 0 Å². The van der Waals surface area contributed by atoms with Gasteiger partial charge in [0.25, 0.3) is 5.69 Å². The maximum absolute atomic E-state index is 12.6. The van der Waals surface area contributed by atoms with Gasteiger partial charge in [-0.25, -0.2) is 13.1 Å². The van der Waals surface area contributed by atoms with Gasteiger partial charge in [0.1, 0.15) is 5.75 Å². The highest BCUT2D eigenvalue weighted by Crippen LogP contribution is 2.28. The van der Waals surface area contributed by atoms with E-state index in [9.17, 15) is 18.5 Å². The summed E-state index contributed by atoms with van der Waals surface area (Å²) in [6.45, 7) is 4.76. The topological polar surface area (TPSA) is 102 Å². The zero-order valence-electron chi connectivity index (χ0n) is 13.9. The third-order valence-corrected chi connectivity index (χ3v) is 5.67. The molecule has 0 radical (unpaired) electrons. The van der Waals surface area contributed by atoms with E-state index in [1.165, 1.54) is 19.2 Å². The second kappa shape index (κ2) is 7.91. The lowest BCUT2D eigenvalue weighted by Crippen LogP contribution is -2.44. The molecule has 2 rings (SSSR count). The van der Waals surface area contributed by atoms with Gasteiger partial charge in [0.05, 0.1) is 18.1 Å². The Morgan fingerprint density at radius 3 is 2.58 bits per heavy atom. The van der Waals surface area contributed by atoms with Crippen molar-refractivity contribution in [1.82, 2.24) is 9.62 Å². The monoisotopic (exact) mass is 357 g/mol. The number of benzene rings is 1. The molecule has 0 saturated carbocycles. The van der Waals surface area contributed by atoms with E-state index in [4.69, 9.17) is 4.74 Å². The molecule has 8 nitrogen and oxygen atoms in total. The van der Waals surface area contributed by atoms with Crippen LogP contribution in [0.15, 0.2) is 23.1 Å². The fourth-order valence-corrected chi connectivity index (χ4v) is 4.33. The molecule has 134 valence electrons. The van der Waals surface area contributed by atoms with Gasteiger partial charge in [-0.1, -0.05) is 6.92 Å². The van der Waals surface area contributed by atoms with Crippen molar-refractivity contribution in [2.75, 3.05) is 26.7 Å². The minimum absolute atomic E-state index is 0.204. The van der Waals surface area contributed by atoms with Crippen LogP contribution in [-0.4, -0.2) is 51.0 Å². The van der Waals surface area contributed by atoms with Crippen molar-refractivity contribution in [2.45, 2.75) is 37.1 Å². The van der Waals surface area contributed by atoms with Crippen LogP contribution in [-0.2, 0) is 10.0 Å². The molecular weight excluding hydrogens is 334 g/mol. The molecule has 1 N–H and O–H groups in total. The average molecular weight is 357 g/mol. The van der Waals surface area contributed by atoms with Crippen molar-refractivity contribution in [3.05, 3.63) is 28.3 Å². The van der Waals surface area contributed by atoms with Crippen LogP contribution >= 0.6 is 0 Å². The van der Waals surface area contributed by atoms with Gasteiger partial charge in [-0.15, -0.1) is 0 Å². The minimum atomic E-state index is -3.96. The molecule has 0 unspecified atom stereocenters. The number of nitrogens with one attached hydrogen (secondary N) is 1. The van der Waals surface area contributed by atoms with Crippen molar-refractivity contribution in [2.24, 2.45) is 0 Å². The van der Waals surface area contributed by atoms with Crippen molar-refractivity contribution < 1.29 is 18.1 Å². The Morgan fingerprint density at radius 2 is 2.04 bits per heavy atom. The van der Waals surface area contributed by atoms with E-state index >= 15 is 0 Å². The predicted molar refractivity (Wildman–Crippen MR) is 89.7 cm³/mol. The third-order valence-electron chi connectivity index (χ3n) is 4.10.